The number of rotatable bonds is 7. The zero-order valence-electron chi connectivity index (χ0n) is 15.0. The molecule has 146 valence electrons. The van der Waals surface area contributed by atoms with Crippen molar-refractivity contribution in [1.82, 2.24) is 9.97 Å². The number of nitro benzene ring substituents is 1. The third-order valence-electron chi connectivity index (χ3n) is 3.53. The number of hydrogen-bond acceptors (Lipinski definition) is 6. The van der Waals surface area contributed by atoms with Crippen molar-refractivity contribution in [3.05, 3.63) is 46.1 Å². The average molecular weight is 384 g/mol. The largest absolute Gasteiger partial charge is 0.477 e. The van der Waals surface area contributed by atoms with Gasteiger partial charge in [-0.3, -0.25) is 10.1 Å². The van der Waals surface area contributed by atoms with Crippen LogP contribution in [0.3, 0.4) is 0 Å². The van der Waals surface area contributed by atoms with Gasteiger partial charge in [0.1, 0.15) is 5.56 Å². The average Bonchev–Trinajstić information content (AvgIpc) is 2.60. The van der Waals surface area contributed by atoms with Crippen LogP contribution in [0.4, 0.5) is 30.5 Å². The molecule has 2 aromatic rings. The maximum Gasteiger partial charge on any atom is 0.423 e. The van der Waals surface area contributed by atoms with Crippen LogP contribution in [-0.2, 0) is 6.18 Å². The molecule has 0 aliphatic rings. The van der Waals surface area contributed by atoms with E-state index in [2.05, 4.69) is 9.97 Å². The van der Waals surface area contributed by atoms with Gasteiger partial charge in [0, 0.05) is 30.6 Å². The molecule has 0 atom stereocenters. The van der Waals surface area contributed by atoms with E-state index in [1.165, 1.54) is 29.2 Å². The minimum Gasteiger partial charge on any atom is -0.477 e. The number of nitrogens with zero attached hydrogens (tertiary/aromatic N) is 4. The Morgan fingerprint density at radius 1 is 1.26 bits per heavy atom. The molecule has 1 heterocycles. The van der Waals surface area contributed by atoms with Crippen molar-refractivity contribution in [1.29, 1.82) is 0 Å². The summed E-state index contributed by atoms with van der Waals surface area (Å²) in [7, 11) is 0. The van der Waals surface area contributed by atoms with Crippen molar-refractivity contribution in [3.63, 3.8) is 0 Å². The molecule has 0 spiro atoms. The second-order valence-corrected chi connectivity index (χ2v) is 6.11. The highest BCUT2D eigenvalue weighted by Crippen LogP contribution is 2.36. The van der Waals surface area contributed by atoms with E-state index in [1.807, 2.05) is 13.8 Å². The van der Waals surface area contributed by atoms with E-state index in [4.69, 9.17) is 4.74 Å². The lowest BCUT2D eigenvalue weighted by Crippen LogP contribution is -2.21. The van der Waals surface area contributed by atoms with Crippen molar-refractivity contribution >= 4 is 17.3 Å². The molecule has 1 aromatic carbocycles. The standard InChI is InChI=1S/C17H19F3N4O3/c1-4-23(12-5-7-13(8-6-12)24(25)26)16-21-9-14(17(18,19)20)15(22-16)27-10-11(2)3/h5-9,11H,4,10H2,1-3H3. The Morgan fingerprint density at radius 3 is 2.37 bits per heavy atom. The van der Waals surface area contributed by atoms with Crippen LogP contribution >= 0.6 is 0 Å². The first-order valence-corrected chi connectivity index (χ1v) is 8.22. The van der Waals surface area contributed by atoms with E-state index >= 15 is 0 Å². The maximum absolute atomic E-state index is 13.2. The summed E-state index contributed by atoms with van der Waals surface area (Å²) in [5, 5.41) is 10.8. The number of hydrogen-bond donors (Lipinski definition) is 0. The zero-order valence-corrected chi connectivity index (χ0v) is 15.0. The Balaban J connectivity index is 2.42. The highest BCUT2D eigenvalue weighted by Gasteiger charge is 2.36. The van der Waals surface area contributed by atoms with Crippen molar-refractivity contribution in [2.75, 3.05) is 18.1 Å². The van der Waals surface area contributed by atoms with Gasteiger partial charge in [-0.1, -0.05) is 13.8 Å². The van der Waals surface area contributed by atoms with Gasteiger partial charge in [-0.25, -0.2) is 4.98 Å². The molecule has 0 radical (unpaired) electrons. The number of halogens is 3. The van der Waals surface area contributed by atoms with E-state index in [-0.39, 0.29) is 24.2 Å². The predicted molar refractivity (Wildman–Crippen MR) is 93.1 cm³/mol. The van der Waals surface area contributed by atoms with Gasteiger partial charge in [0.15, 0.2) is 0 Å². The highest BCUT2D eigenvalue weighted by molar-refractivity contribution is 5.59. The SMILES string of the molecule is CCN(c1ccc([N+](=O)[O-])cc1)c1ncc(C(F)(F)F)c(OCC(C)C)n1. The summed E-state index contributed by atoms with van der Waals surface area (Å²) in [5.41, 5.74) is -0.631. The molecule has 0 unspecified atom stereocenters. The zero-order chi connectivity index (χ0) is 20.2. The lowest BCUT2D eigenvalue weighted by atomic mass is 10.2. The van der Waals surface area contributed by atoms with Crippen molar-refractivity contribution in [2.24, 2.45) is 5.92 Å². The van der Waals surface area contributed by atoms with Crippen molar-refractivity contribution in [3.8, 4) is 5.88 Å². The number of non-ortho nitro benzene ring substituents is 1. The lowest BCUT2D eigenvalue weighted by molar-refractivity contribution is -0.384. The third kappa shape index (κ3) is 5.05. The van der Waals surface area contributed by atoms with E-state index < -0.39 is 22.5 Å². The van der Waals surface area contributed by atoms with Crippen LogP contribution in [0.25, 0.3) is 0 Å². The summed E-state index contributed by atoms with van der Waals surface area (Å²) < 4.78 is 44.8. The molecule has 2 rings (SSSR count). The first-order valence-electron chi connectivity index (χ1n) is 8.22. The molecule has 0 N–H and O–H groups in total. The molecule has 0 aliphatic carbocycles. The molecule has 0 saturated heterocycles. The van der Waals surface area contributed by atoms with Crippen LogP contribution in [0.2, 0.25) is 0 Å². The summed E-state index contributed by atoms with van der Waals surface area (Å²) >= 11 is 0. The highest BCUT2D eigenvalue weighted by atomic mass is 19.4. The summed E-state index contributed by atoms with van der Waals surface area (Å²) in [6.07, 6.45) is -3.96. The number of aromatic nitrogens is 2. The second-order valence-electron chi connectivity index (χ2n) is 6.11. The Labute approximate surface area is 154 Å². The minimum atomic E-state index is -4.64. The third-order valence-corrected chi connectivity index (χ3v) is 3.53. The number of nitro groups is 1. The van der Waals surface area contributed by atoms with Gasteiger partial charge >= 0.3 is 6.18 Å². The molecule has 0 bridgehead atoms. The minimum absolute atomic E-state index is 0.0121. The topological polar surface area (TPSA) is 81.4 Å². The summed E-state index contributed by atoms with van der Waals surface area (Å²) in [6, 6.07) is 5.57. The van der Waals surface area contributed by atoms with Crippen LogP contribution < -0.4 is 9.64 Å². The van der Waals surface area contributed by atoms with Crippen LogP contribution in [0.1, 0.15) is 26.3 Å². The van der Waals surface area contributed by atoms with Crippen LogP contribution in [0.15, 0.2) is 30.5 Å². The molecule has 1 aromatic heterocycles. The van der Waals surface area contributed by atoms with Gasteiger partial charge in [-0.15, -0.1) is 0 Å². The van der Waals surface area contributed by atoms with Gasteiger partial charge in [-0.05, 0) is 25.0 Å². The molecule has 27 heavy (non-hydrogen) atoms. The van der Waals surface area contributed by atoms with Gasteiger partial charge in [0.05, 0.1) is 11.5 Å². The molecule has 0 saturated carbocycles. The van der Waals surface area contributed by atoms with Crippen molar-refractivity contribution < 1.29 is 22.8 Å². The van der Waals surface area contributed by atoms with E-state index in [9.17, 15) is 23.3 Å². The molecular formula is C17H19F3N4O3. The van der Waals surface area contributed by atoms with Crippen LogP contribution in [0, 0.1) is 16.0 Å². The van der Waals surface area contributed by atoms with E-state index in [0.717, 1.165) is 0 Å². The molecule has 7 nitrogen and oxygen atoms in total. The molecule has 10 heteroatoms. The first-order chi connectivity index (χ1) is 12.6. The Bertz CT molecular complexity index is 795. The maximum atomic E-state index is 13.2. The van der Waals surface area contributed by atoms with Crippen molar-refractivity contribution in [2.45, 2.75) is 26.9 Å². The monoisotopic (exact) mass is 384 g/mol. The number of anilines is 2. The summed E-state index contributed by atoms with van der Waals surface area (Å²) in [5.74, 6) is -0.513. The Hall–Kier alpha value is -2.91. The fourth-order valence-corrected chi connectivity index (χ4v) is 2.23. The van der Waals surface area contributed by atoms with Gasteiger partial charge in [-0.2, -0.15) is 18.2 Å². The molecular weight excluding hydrogens is 365 g/mol. The summed E-state index contributed by atoms with van der Waals surface area (Å²) in [6.45, 7) is 5.79. The van der Waals surface area contributed by atoms with E-state index in [0.29, 0.717) is 18.4 Å². The Morgan fingerprint density at radius 2 is 1.89 bits per heavy atom. The fourth-order valence-electron chi connectivity index (χ4n) is 2.23. The molecule has 0 aliphatic heterocycles. The van der Waals surface area contributed by atoms with E-state index in [1.54, 1.807) is 6.92 Å². The second kappa shape index (κ2) is 8.19. The lowest BCUT2D eigenvalue weighted by Gasteiger charge is -2.22. The van der Waals surface area contributed by atoms with Gasteiger partial charge in [0.2, 0.25) is 11.8 Å². The predicted octanol–water partition coefficient (Wildman–Crippen LogP) is 4.60. The number of ether oxygens (including phenoxy) is 1. The quantitative estimate of drug-likeness (QED) is 0.513. The number of benzene rings is 1. The Kier molecular flexibility index (Phi) is 6.19. The molecule has 0 fully saturated rings. The van der Waals surface area contributed by atoms with Crippen LogP contribution in [-0.4, -0.2) is 28.0 Å². The fraction of sp³-hybridized carbons (Fsp3) is 0.412. The molecule has 0 amide bonds. The van der Waals surface area contributed by atoms with Gasteiger partial charge < -0.3 is 9.64 Å². The number of alkyl halides is 3. The van der Waals surface area contributed by atoms with Crippen LogP contribution in [0.5, 0.6) is 5.88 Å². The van der Waals surface area contributed by atoms with Gasteiger partial charge in [0.25, 0.3) is 5.69 Å². The summed E-state index contributed by atoms with van der Waals surface area (Å²) in [4.78, 5) is 19.5. The normalized spacial score (nSPS) is 11.5. The smallest absolute Gasteiger partial charge is 0.423 e. The first kappa shape index (κ1) is 20.4.